The van der Waals surface area contributed by atoms with Gasteiger partial charge in [0.25, 0.3) is 0 Å². The minimum absolute atomic E-state index is 0.0485. The highest BCUT2D eigenvalue weighted by molar-refractivity contribution is 14.1. The van der Waals surface area contributed by atoms with E-state index in [1.807, 2.05) is 0 Å². The van der Waals surface area contributed by atoms with Gasteiger partial charge in [-0.2, -0.15) is 0 Å². The van der Waals surface area contributed by atoms with Crippen LogP contribution in [0.25, 0.3) is 0 Å². The van der Waals surface area contributed by atoms with Gasteiger partial charge in [-0.1, -0.05) is 35.4 Å². The second-order valence-corrected chi connectivity index (χ2v) is 5.97. The van der Waals surface area contributed by atoms with E-state index in [0.717, 1.165) is 13.0 Å². The zero-order valence-electron chi connectivity index (χ0n) is 14.2. The monoisotopic (exact) mass is 448 g/mol. The van der Waals surface area contributed by atoms with Gasteiger partial charge in [0.15, 0.2) is 0 Å². The SMILES string of the molecule is OCCOCCOCCOCCOCCOCCCCCCI. The van der Waals surface area contributed by atoms with Gasteiger partial charge in [-0.25, -0.2) is 0 Å². The predicted octanol–water partition coefficient (Wildman–Crippen LogP) is 2.06. The number of rotatable bonds is 20. The lowest BCUT2D eigenvalue weighted by Crippen LogP contribution is -2.13. The van der Waals surface area contributed by atoms with E-state index in [0.29, 0.717) is 59.5 Å². The Morgan fingerprint density at radius 2 is 0.870 bits per heavy atom. The molecule has 0 aromatic heterocycles. The summed E-state index contributed by atoms with van der Waals surface area (Å²) in [6, 6.07) is 0. The number of hydrogen-bond acceptors (Lipinski definition) is 6. The van der Waals surface area contributed by atoms with Crippen LogP contribution in [0.5, 0.6) is 0 Å². The van der Waals surface area contributed by atoms with E-state index in [2.05, 4.69) is 22.6 Å². The molecule has 0 aliphatic carbocycles. The molecule has 0 aliphatic rings. The van der Waals surface area contributed by atoms with Crippen LogP contribution in [0.1, 0.15) is 25.7 Å². The first-order valence-electron chi connectivity index (χ1n) is 8.47. The van der Waals surface area contributed by atoms with Gasteiger partial charge in [0.1, 0.15) is 0 Å². The average Bonchev–Trinajstić information content (AvgIpc) is 2.57. The summed E-state index contributed by atoms with van der Waals surface area (Å²) >= 11 is 2.42. The number of aliphatic hydroxyl groups excluding tert-OH is 1. The molecule has 0 aliphatic heterocycles. The summed E-state index contributed by atoms with van der Waals surface area (Å²) in [6.07, 6.45) is 5.02. The first-order chi connectivity index (χ1) is 11.4. The van der Waals surface area contributed by atoms with Crippen LogP contribution in [0.15, 0.2) is 0 Å². The zero-order valence-corrected chi connectivity index (χ0v) is 16.3. The number of halogens is 1. The van der Waals surface area contributed by atoms with E-state index >= 15 is 0 Å². The maximum Gasteiger partial charge on any atom is 0.0701 e. The van der Waals surface area contributed by atoms with Gasteiger partial charge in [0, 0.05) is 6.61 Å². The molecule has 0 saturated carbocycles. The maximum absolute atomic E-state index is 8.50. The molecule has 6 nitrogen and oxygen atoms in total. The van der Waals surface area contributed by atoms with Gasteiger partial charge in [-0.15, -0.1) is 0 Å². The summed E-state index contributed by atoms with van der Waals surface area (Å²) in [6.45, 7) is 5.79. The quantitative estimate of drug-likeness (QED) is 0.175. The molecular weight excluding hydrogens is 415 g/mol. The molecule has 0 aromatic rings. The molecule has 0 atom stereocenters. The zero-order chi connectivity index (χ0) is 16.8. The van der Waals surface area contributed by atoms with Crippen molar-refractivity contribution in [2.45, 2.75) is 25.7 Å². The van der Waals surface area contributed by atoms with Crippen LogP contribution in [-0.4, -0.2) is 82.2 Å². The van der Waals surface area contributed by atoms with Crippen LogP contribution >= 0.6 is 22.6 Å². The van der Waals surface area contributed by atoms with Gasteiger partial charge in [-0.3, -0.25) is 0 Å². The Balaban J connectivity index is 2.92. The third kappa shape index (κ3) is 22.5. The van der Waals surface area contributed by atoms with E-state index in [9.17, 15) is 0 Å². The highest BCUT2D eigenvalue weighted by Crippen LogP contribution is 2.02. The molecule has 0 spiro atoms. The summed E-state index contributed by atoms with van der Waals surface area (Å²) in [5.74, 6) is 0. The number of alkyl halides is 1. The number of aliphatic hydroxyl groups is 1. The van der Waals surface area contributed by atoms with Gasteiger partial charge in [0.2, 0.25) is 0 Å². The van der Waals surface area contributed by atoms with Crippen molar-refractivity contribution in [1.29, 1.82) is 0 Å². The molecule has 0 unspecified atom stereocenters. The molecule has 7 heteroatoms. The van der Waals surface area contributed by atoms with Crippen LogP contribution in [0, 0.1) is 0 Å². The average molecular weight is 448 g/mol. The summed E-state index contributed by atoms with van der Waals surface area (Å²) in [4.78, 5) is 0. The van der Waals surface area contributed by atoms with Crippen molar-refractivity contribution in [3.8, 4) is 0 Å². The van der Waals surface area contributed by atoms with E-state index in [1.54, 1.807) is 0 Å². The fourth-order valence-electron chi connectivity index (χ4n) is 1.70. The van der Waals surface area contributed by atoms with Crippen molar-refractivity contribution in [3.05, 3.63) is 0 Å². The van der Waals surface area contributed by atoms with Crippen molar-refractivity contribution in [2.75, 3.05) is 77.1 Å². The van der Waals surface area contributed by atoms with E-state index in [4.69, 9.17) is 28.8 Å². The number of ether oxygens (including phenoxy) is 5. The molecule has 23 heavy (non-hydrogen) atoms. The molecular formula is C16H33IO6. The Labute approximate surface area is 154 Å². The van der Waals surface area contributed by atoms with Crippen LogP contribution in [0.4, 0.5) is 0 Å². The summed E-state index contributed by atoms with van der Waals surface area (Å²) < 4.78 is 27.9. The minimum atomic E-state index is 0.0485. The second-order valence-electron chi connectivity index (χ2n) is 4.89. The second kappa shape index (κ2) is 22.5. The van der Waals surface area contributed by atoms with Crippen molar-refractivity contribution in [3.63, 3.8) is 0 Å². The number of unbranched alkanes of at least 4 members (excludes halogenated alkanes) is 3. The van der Waals surface area contributed by atoms with Gasteiger partial charge >= 0.3 is 0 Å². The van der Waals surface area contributed by atoms with Crippen LogP contribution in [-0.2, 0) is 23.7 Å². The molecule has 0 fully saturated rings. The van der Waals surface area contributed by atoms with E-state index in [1.165, 1.54) is 23.7 Å². The Hall–Kier alpha value is 0.490. The smallest absolute Gasteiger partial charge is 0.0701 e. The lowest BCUT2D eigenvalue weighted by Gasteiger charge is -2.07. The van der Waals surface area contributed by atoms with E-state index in [-0.39, 0.29) is 6.61 Å². The molecule has 0 bridgehead atoms. The Morgan fingerprint density at radius 1 is 0.478 bits per heavy atom. The van der Waals surface area contributed by atoms with Crippen molar-refractivity contribution < 1.29 is 28.8 Å². The molecule has 0 aromatic carbocycles. The summed E-state index contributed by atoms with van der Waals surface area (Å²) in [5.41, 5.74) is 0. The fourth-order valence-corrected chi connectivity index (χ4v) is 2.24. The molecule has 0 saturated heterocycles. The lowest BCUT2D eigenvalue weighted by molar-refractivity contribution is -0.0134. The Kier molecular flexibility index (Phi) is 23.0. The third-order valence-corrected chi connectivity index (χ3v) is 3.66. The normalized spacial score (nSPS) is 11.2. The topological polar surface area (TPSA) is 66.4 Å². The summed E-state index contributed by atoms with van der Waals surface area (Å²) in [5, 5.41) is 8.50. The van der Waals surface area contributed by atoms with Crippen molar-refractivity contribution in [1.82, 2.24) is 0 Å². The highest BCUT2D eigenvalue weighted by atomic mass is 127. The van der Waals surface area contributed by atoms with Crippen molar-refractivity contribution in [2.24, 2.45) is 0 Å². The van der Waals surface area contributed by atoms with Crippen LogP contribution in [0.3, 0.4) is 0 Å². The van der Waals surface area contributed by atoms with Gasteiger partial charge in [0.05, 0.1) is 66.1 Å². The van der Waals surface area contributed by atoms with Crippen LogP contribution < -0.4 is 0 Å². The Morgan fingerprint density at radius 3 is 1.30 bits per heavy atom. The maximum atomic E-state index is 8.50. The largest absolute Gasteiger partial charge is 0.394 e. The van der Waals surface area contributed by atoms with Gasteiger partial charge in [-0.05, 0) is 17.3 Å². The third-order valence-electron chi connectivity index (χ3n) is 2.90. The van der Waals surface area contributed by atoms with Gasteiger partial charge < -0.3 is 28.8 Å². The molecule has 0 radical (unpaired) electrons. The number of hydrogen-bond donors (Lipinski definition) is 1. The fraction of sp³-hybridized carbons (Fsp3) is 1.00. The standard InChI is InChI=1S/C16H33IO6/c17-5-3-1-2-4-7-19-9-11-21-13-15-23-16-14-22-12-10-20-8-6-18/h18H,1-16H2. The summed E-state index contributed by atoms with van der Waals surface area (Å²) in [7, 11) is 0. The van der Waals surface area contributed by atoms with E-state index < -0.39 is 0 Å². The first-order valence-corrected chi connectivity index (χ1v) is 10.00. The predicted molar refractivity (Wildman–Crippen MR) is 98.5 cm³/mol. The minimum Gasteiger partial charge on any atom is -0.394 e. The first kappa shape index (κ1) is 23.5. The molecule has 0 amide bonds. The molecule has 0 rings (SSSR count). The highest BCUT2D eigenvalue weighted by Gasteiger charge is 1.94. The van der Waals surface area contributed by atoms with Crippen LogP contribution in [0.2, 0.25) is 0 Å². The molecule has 140 valence electrons. The van der Waals surface area contributed by atoms with Crippen molar-refractivity contribution >= 4 is 22.6 Å². The lowest BCUT2D eigenvalue weighted by atomic mass is 10.2. The molecule has 0 heterocycles. The Bertz CT molecular complexity index is 189. The molecule has 1 N–H and O–H groups in total.